The highest BCUT2D eigenvalue weighted by molar-refractivity contribution is 6.17. The van der Waals surface area contributed by atoms with E-state index in [-0.39, 0.29) is 0 Å². The van der Waals surface area contributed by atoms with Gasteiger partial charge in [0.05, 0.1) is 0 Å². The minimum Gasteiger partial charge on any atom is -0.370 e. The van der Waals surface area contributed by atoms with E-state index in [1.54, 1.807) is 0 Å². The molecule has 1 aromatic carbocycles. The van der Waals surface area contributed by atoms with Crippen LogP contribution in [0.4, 0.5) is 5.69 Å². The Balaban J connectivity index is 1.67. The maximum absolute atomic E-state index is 6.06. The summed E-state index contributed by atoms with van der Waals surface area (Å²) in [6.07, 6.45) is 5.49. The Morgan fingerprint density at radius 1 is 1.05 bits per heavy atom. The van der Waals surface area contributed by atoms with E-state index in [1.165, 1.54) is 63.1 Å². The van der Waals surface area contributed by atoms with Crippen LogP contribution in [0.1, 0.15) is 31.2 Å². The zero-order valence-electron chi connectivity index (χ0n) is 11.5. The van der Waals surface area contributed by atoms with Gasteiger partial charge in [0.15, 0.2) is 0 Å². The van der Waals surface area contributed by atoms with E-state index in [0.29, 0.717) is 5.88 Å². The van der Waals surface area contributed by atoms with Crippen LogP contribution in [0.2, 0.25) is 0 Å². The van der Waals surface area contributed by atoms with Crippen LogP contribution in [0.15, 0.2) is 24.3 Å². The van der Waals surface area contributed by atoms with E-state index in [2.05, 4.69) is 34.1 Å². The number of benzene rings is 1. The van der Waals surface area contributed by atoms with Crippen LogP contribution in [0.25, 0.3) is 0 Å². The average Bonchev–Trinajstić information content (AvgIpc) is 2.98. The maximum Gasteiger partial charge on any atom is 0.0494 e. The fourth-order valence-electron chi connectivity index (χ4n) is 3.47. The Hall–Kier alpha value is -0.730. The molecule has 0 bridgehead atoms. The molecule has 2 saturated heterocycles. The van der Waals surface area contributed by atoms with Gasteiger partial charge >= 0.3 is 0 Å². The maximum atomic E-state index is 6.06. The van der Waals surface area contributed by atoms with Crippen LogP contribution in [-0.2, 0) is 5.88 Å². The van der Waals surface area contributed by atoms with Gasteiger partial charge < -0.3 is 4.90 Å². The largest absolute Gasteiger partial charge is 0.370 e. The molecule has 0 N–H and O–H groups in total. The van der Waals surface area contributed by atoms with Crippen LogP contribution in [0, 0.1) is 0 Å². The Bertz CT molecular complexity index is 415. The molecule has 0 amide bonds. The molecule has 2 aliphatic rings. The molecule has 3 heteroatoms. The van der Waals surface area contributed by atoms with Gasteiger partial charge in [-0.1, -0.05) is 24.6 Å². The van der Waals surface area contributed by atoms with Gasteiger partial charge in [-0.05, 0) is 44.0 Å². The molecule has 1 unspecified atom stereocenters. The predicted octanol–water partition coefficient (Wildman–Crippen LogP) is 3.49. The first-order chi connectivity index (χ1) is 9.38. The summed E-state index contributed by atoms with van der Waals surface area (Å²) in [5.41, 5.74) is 2.61. The minimum absolute atomic E-state index is 0.612. The summed E-state index contributed by atoms with van der Waals surface area (Å²) < 4.78 is 0. The van der Waals surface area contributed by atoms with E-state index in [0.717, 1.165) is 6.04 Å². The van der Waals surface area contributed by atoms with Crippen LogP contribution in [0.5, 0.6) is 0 Å². The fraction of sp³-hybridized carbons (Fsp3) is 0.625. The number of nitrogens with zero attached hydrogens (tertiary/aromatic N) is 2. The lowest BCUT2D eigenvalue weighted by atomic mass is 10.1. The van der Waals surface area contributed by atoms with Gasteiger partial charge in [0.2, 0.25) is 0 Å². The van der Waals surface area contributed by atoms with Crippen molar-refractivity contribution in [2.24, 2.45) is 0 Å². The van der Waals surface area contributed by atoms with Crippen molar-refractivity contribution in [3.05, 3.63) is 29.8 Å². The smallest absolute Gasteiger partial charge is 0.0494 e. The molecule has 2 fully saturated rings. The molecule has 0 radical (unpaired) electrons. The second kappa shape index (κ2) is 6.15. The number of anilines is 1. The number of hydrogen-bond donors (Lipinski definition) is 0. The first kappa shape index (κ1) is 13.3. The molecule has 3 rings (SSSR count). The average molecular weight is 279 g/mol. The highest BCUT2D eigenvalue weighted by atomic mass is 35.5. The molecule has 1 aromatic rings. The summed E-state index contributed by atoms with van der Waals surface area (Å²) in [7, 11) is 0. The summed E-state index contributed by atoms with van der Waals surface area (Å²) in [4.78, 5) is 5.23. The second-order valence-electron chi connectivity index (χ2n) is 5.75. The van der Waals surface area contributed by atoms with Gasteiger partial charge in [-0.15, -0.1) is 11.6 Å². The molecule has 19 heavy (non-hydrogen) atoms. The number of piperidine rings is 1. The molecule has 1 atom stereocenters. The minimum atomic E-state index is 0.612. The molecular weight excluding hydrogens is 256 g/mol. The third-order valence-electron chi connectivity index (χ3n) is 4.55. The monoisotopic (exact) mass is 278 g/mol. The molecule has 2 nitrogen and oxygen atoms in total. The van der Waals surface area contributed by atoms with E-state index < -0.39 is 0 Å². The number of para-hydroxylation sites is 1. The number of hydrogen-bond acceptors (Lipinski definition) is 2. The van der Waals surface area contributed by atoms with Crippen LogP contribution >= 0.6 is 11.6 Å². The van der Waals surface area contributed by atoms with Gasteiger partial charge in [0.1, 0.15) is 0 Å². The van der Waals surface area contributed by atoms with Crippen LogP contribution in [0.3, 0.4) is 0 Å². The number of rotatable bonds is 3. The van der Waals surface area contributed by atoms with Crippen molar-refractivity contribution in [2.75, 3.05) is 31.1 Å². The Kier molecular flexibility index (Phi) is 4.29. The summed E-state index contributed by atoms with van der Waals surface area (Å²) >= 11 is 6.06. The molecule has 0 aliphatic carbocycles. The topological polar surface area (TPSA) is 6.48 Å². The van der Waals surface area contributed by atoms with E-state index in [9.17, 15) is 0 Å². The first-order valence-corrected chi connectivity index (χ1v) is 8.05. The van der Waals surface area contributed by atoms with Gasteiger partial charge in [-0.25, -0.2) is 0 Å². The van der Waals surface area contributed by atoms with Crippen molar-refractivity contribution in [1.82, 2.24) is 4.90 Å². The summed E-state index contributed by atoms with van der Waals surface area (Å²) in [6.45, 7) is 4.95. The third kappa shape index (κ3) is 2.90. The molecule has 0 aromatic heterocycles. The lowest BCUT2D eigenvalue weighted by molar-refractivity contribution is 0.175. The number of likely N-dealkylation sites (tertiary alicyclic amines) is 1. The van der Waals surface area contributed by atoms with Gasteiger partial charge in [0.25, 0.3) is 0 Å². The Labute approximate surface area is 121 Å². The van der Waals surface area contributed by atoms with Crippen LogP contribution in [-0.4, -0.2) is 37.1 Å². The highest BCUT2D eigenvalue weighted by Crippen LogP contribution is 2.28. The molecule has 2 aliphatic heterocycles. The Morgan fingerprint density at radius 2 is 1.84 bits per heavy atom. The highest BCUT2D eigenvalue weighted by Gasteiger charge is 2.29. The summed E-state index contributed by atoms with van der Waals surface area (Å²) in [5.74, 6) is 0.612. The Morgan fingerprint density at radius 3 is 2.63 bits per heavy atom. The van der Waals surface area contributed by atoms with Gasteiger partial charge in [0, 0.05) is 30.7 Å². The van der Waals surface area contributed by atoms with Crippen molar-refractivity contribution in [3.8, 4) is 0 Å². The van der Waals surface area contributed by atoms with Crippen molar-refractivity contribution < 1.29 is 0 Å². The molecule has 0 spiro atoms. The van der Waals surface area contributed by atoms with Gasteiger partial charge in [-0.3, -0.25) is 4.90 Å². The van der Waals surface area contributed by atoms with Crippen molar-refractivity contribution in [2.45, 2.75) is 37.6 Å². The van der Waals surface area contributed by atoms with Crippen molar-refractivity contribution in [3.63, 3.8) is 0 Å². The van der Waals surface area contributed by atoms with Gasteiger partial charge in [-0.2, -0.15) is 0 Å². The zero-order chi connectivity index (χ0) is 13.1. The van der Waals surface area contributed by atoms with Crippen molar-refractivity contribution >= 4 is 17.3 Å². The SMILES string of the molecule is ClCc1ccccc1N1CCC(N2CCCCC2)C1. The van der Waals surface area contributed by atoms with E-state index in [1.807, 2.05) is 0 Å². The normalized spacial score (nSPS) is 24.9. The molecule has 2 heterocycles. The lowest BCUT2D eigenvalue weighted by Crippen LogP contribution is -2.40. The second-order valence-corrected chi connectivity index (χ2v) is 6.01. The lowest BCUT2D eigenvalue weighted by Gasteiger charge is -2.32. The summed E-state index contributed by atoms with van der Waals surface area (Å²) in [6, 6.07) is 9.33. The molecule has 104 valence electrons. The summed E-state index contributed by atoms with van der Waals surface area (Å²) in [5, 5.41) is 0. The van der Waals surface area contributed by atoms with E-state index >= 15 is 0 Å². The molecule has 0 saturated carbocycles. The fourth-order valence-corrected chi connectivity index (χ4v) is 3.70. The predicted molar refractivity (Wildman–Crippen MR) is 82.0 cm³/mol. The third-order valence-corrected chi connectivity index (χ3v) is 4.83. The first-order valence-electron chi connectivity index (χ1n) is 7.51. The number of alkyl halides is 1. The number of halogens is 1. The van der Waals surface area contributed by atoms with Crippen molar-refractivity contribution in [1.29, 1.82) is 0 Å². The zero-order valence-corrected chi connectivity index (χ0v) is 12.3. The quantitative estimate of drug-likeness (QED) is 0.781. The van der Waals surface area contributed by atoms with Crippen LogP contribution < -0.4 is 4.90 Å². The molecular formula is C16H23ClN2. The standard InChI is InChI=1S/C16H23ClN2/c17-12-14-6-2-3-7-16(14)19-11-8-15(13-19)18-9-4-1-5-10-18/h2-3,6-7,15H,1,4-5,8-13H2. The van der Waals surface area contributed by atoms with E-state index in [4.69, 9.17) is 11.6 Å².